The van der Waals surface area contributed by atoms with Crippen LogP contribution in [0.3, 0.4) is 0 Å². The van der Waals surface area contributed by atoms with Crippen LogP contribution < -0.4 is 0 Å². The van der Waals surface area contributed by atoms with Crippen molar-refractivity contribution in [1.29, 1.82) is 5.26 Å². The highest BCUT2D eigenvalue weighted by Gasteiger charge is 2.08. The van der Waals surface area contributed by atoms with Crippen molar-refractivity contribution in [3.05, 3.63) is 41.3 Å². The summed E-state index contributed by atoms with van der Waals surface area (Å²) in [5.74, 6) is 0.589. The third-order valence-corrected chi connectivity index (χ3v) is 2.12. The second-order valence-corrected chi connectivity index (χ2v) is 3.33. The van der Waals surface area contributed by atoms with Crippen LogP contribution in [-0.2, 0) is 0 Å². The molecule has 0 aliphatic rings. The van der Waals surface area contributed by atoms with Gasteiger partial charge in [-0.25, -0.2) is 9.67 Å². The first-order valence-electron chi connectivity index (χ1n) is 4.61. The van der Waals surface area contributed by atoms with Gasteiger partial charge in [0.25, 0.3) is 0 Å². The van der Waals surface area contributed by atoms with Crippen LogP contribution in [-0.4, -0.2) is 14.8 Å². The van der Waals surface area contributed by atoms with E-state index in [2.05, 4.69) is 16.2 Å². The summed E-state index contributed by atoms with van der Waals surface area (Å²) in [6.07, 6.45) is 1.66. The smallest absolute Gasteiger partial charge is 0.171 e. The average molecular weight is 198 g/mol. The zero-order valence-electron chi connectivity index (χ0n) is 8.60. The van der Waals surface area contributed by atoms with Crippen LogP contribution in [0.5, 0.6) is 0 Å². The second-order valence-electron chi connectivity index (χ2n) is 3.33. The number of aryl methyl sites for hydroxylation is 2. The molecule has 2 aromatic rings. The molecule has 0 bridgehead atoms. The zero-order valence-corrected chi connectivity index (χ0v) is 8.60. The van der Waals surface area contributed by atoms with E-state index in [-0.39, 0.29) is 0 Å². The molecule has 0 saturated heterocycles. The molecule has 0 spiro atoms. The summed E-state index contributed by atoms with van der Waals surface area (Å²) in [7, 11) is 0. The predicted molar refractivity (Wildman–Crippen MR) is 55.5 cm³/mol. The van der Waals surface area contributed by atoms with E-state index >= 15 is 0 Å². The summed E-state index contributed by atoms with van der Waals surface area (Å²) < 4.78 is 1.69. The Bertz CT molecular complexity index is 534. The molecule has 0 radical (unpaired) electrons. The van der Waals surface area contributed by atoms with Crippen molar-refractivity contribution >= 4 is 0 Å². The molecule has 4 heteroatoms. The van der Waals surface area contributed by atoms with E-state index in [4.69, 9.17) is 5.26 Å². The van der Waals surface area contributed by atoms with Crippen molar-refractivity contribution in [3.63, 3.8) is 0 Å². The minimum absolute atomic E-state index is 0.531. The first-order valence-corrected chi connectivity index (χ1v) is 4.61. The number of pyridine rings is 1. The van der Waals surface area contributed by atoms with Crippen molar-refractivity contribution in [2.75, 3.05) is 0 Å². The third kappa shape index (κ3) is 1.59. The van der Waals surface area contributed by atoms with Gasteiger partial charge < -0.3 is 0 Å². The lowest BCUT2D eigenvalue weighted by Crippen LogP contribution is -2.04. The number of hydrogen-bond acceptors (Lipinski definition) is 3. The summed E-state index contributed by atoms with van der Waals surface area (Å²) in [6.45, 7) is 3.86. The zero-order chi connectivity index (χ0) is 10.8. The Labute approximate surface area is 87.8 Å². The average Bonchev–Trinajstić information content (AvgIpc) is 2.57. The maximum absolute atomic E-state index is 8.95. The van der Waals surface area contributed by atoms with Crippen LogP contribution in [0.15, 0.2) is 24.4 Å². The minimum atomic E-state index is 0.531. The Morgan fingerprint density at radius 3 is 2.80 bits per heavy atom. The van der Waals surface area contributed by atoms with Gasteiger partial charge in [-0.05, 0) is 32.0 Å². The van der Waals surface area contributed by atoms with Crippen LogP contribution >= 0.6 is 0 Å². The number of nitrogens with zero attached hydrogens (tertiary/aromatic N) is 4. The van der Waals surface area contributed by atoms with Crippen molar-refractivity contribution < 1.29 is 0 Å². The predicted octanol–water partition coefficient (Wildman–Crippen LogP) is 1.76. The summed E-state index contributed by atoms with van der Waals surface area (Å²) in [5, 5.41) is 13.2. The Morgan fingerprint density at radius 2 is 2.20 bits per heavy atom. The van der Waals surface area contributed by atoms with Crippen LogP contribution in [0.1, 0.15) is 17.0 Å². The second kappa shape index (κ2) is 3.54. The molecular formula is C11H10N4. The highest BCUT2D eigenvalue weighted by atomic mass is 15.3. The molecule has 15 heavy (non-hydrogen) atoms. The van der Waals surface area contributed by atoms with Gasteiger partial charge in [0.1, 0.15) is 6.07 Å². The molecule has 0 N–H and O–H groups in total. The van der Waals surface area contributed by atoms with Gasteiger partial charge in [0.2, 0.25) is 0 Å². The highest BCUT2D eigenvalue weighted by molar-refractivity contribution is 5.43. The van der Waals surface area contributed by atoms with Crippen molar-refractivity contribution in [2.45, 2.75) is 13.8 Å². The lowest BCUT2D eigenvalue weighted by atomic mass is 10.3. The SMILES string of the molecule is Cc1cc(C)n(-c2ncccc2C#N)n1. The van der Waals surface area contributed by atoms with Crippen LogP contribution in [0.2, 0.25) is 0 Å². The topological polar surface area (TPSA) is 54.5 Å². The van der Waals surface area contributed by atoms with Gasteiger partial charge in [-0.2, -0.15) is 10.4 Å². The van der Waals surface area contributed by atoms with Crippen LogP contribution in [0.25, 0.3) is 5.82 Å². The van der Waals surface area contributed by atoms with Crippen molar-refractivity contribution in [3.8, 4) is 11.9 Å². The lowest BCUT2D eigenvalue weighted by molar-refractivity contribution is 0.803. The van der Waals surface area contributed by atoms with E-state index in [0.717, 1.165) is 11.4 Å². The van der Waals surface area contributed by atoms with Gasteiger partial charge >= 0.3 is 0 Å². The maximum atomic E-state index is 8.95. The molecule has 0 amide bonds. The van der Waals surface area contributed by atoms with Gasteiger partial charge in [-0.15, -0.1) is 0 Å². The van der Waals surface area contributed by atoms with Gasteiger partial charge in [-0.3, -0.25) is 0 Å². The number of aromatic nitrogens is 3. The fourth-order valence-corrected chi connectivity index (χ4v) is 1.50. The molecule has 0 saturated carbocycles. The van der Waals surface area contributed by atoms with E-state index in [9.17, 15) is 0 Å². The maximum Gasteiger partial charge on any atom is 0.171 e. The Morgan fingerprint density at radius 1 is 1.40 bits per heavy atom. The first kappa shape index (κ1) is 9.41. The fourth-order valence-electron chi connectivity index (χ4n) is 1.50. The molecule has 2 rings (SSSR count). The molecule has 4 nitrogen and oxygen atoms in total. The minimum Gasteiger partial charge on any atom is -0.236 e. The van der Waals surface area contributed by atoms with E-state index in [0.29, 0.717) is 11.4 Å². The van der Waals surface area contributed by atoms with Gasteiger partial charge in [0, 0.05) is 11.9 Å². The van der Waals surface area contributed by atoms with Crippen LogP contribution in [0, 0.1) is 25.2 Å². The molecule has 0 aliphatic heterocycles. The Hall–Kier alpha value is -2.15. The number of hydrogen-bond donors (Lipinski definition) is 0. The molecule has 0 unspecified atom stereocenters. The molecule has 0 atom stereocenters. The largest absolute Gasteiger partial charge is 0.236 e. The molecular weight excluding hydrogens is 188 g/mol. The molecule has 0 fully saturated rings. The van der Waals surface area contributed by atoms with Gasteiger partial charge in [0.05, 0.1) is 11.3 Å². The standard InChI is InChI=1S/C11H10N4/c1-8-6-9(2)15(14-8)11-10(7-12)4-3-5-13-11/h3-6H,1-2H3. The summed E-state index contributed by atoms with van der Waals surface area (Å²) in [6, 6.07) is 7.54. The quantitative estimate of drug-likeness (QED) is 0.701. The summed E-state index contributed by atoms with van der Waals surface area (Å²) in [4.78, 5) is 4.17. The third-order valence-electron chi connectivity index (χ3n) is 2.12. The van der Waals surface area contributed by atoms with Crippen molar-refractivity contribution in [1.82, 2.24) is 14.8 Å². The van der Waals surface area contributed by atoms with Gasteiger partial charge in [-0.1, -0.05) is 0 Å². The Balaban J connectivity index is 2.64. The van der Waals surface area contributed by atoms with E-state index < -0.39 is 0 Å². The lowest BCUT2D eigenvalue weighted by Gasteiger charge is -2.03. The summed E-state index contributed by atoms with van der Waals surface area (Å²) in [5.41, 5.74) is 2.42. The molecule has 74 valence electrons. The van der Waals surface area contributed by atoms with Crippen molar-refractivity contribution in [2.24, 2.45) is 0 Å². The van der Waals surface area contributed by atoms with Crippen LogP contribution in [0.4, 0.5) is 0 Å². The first-order chi connectivity index (χ1) is 7.22. The van der Waals surface area contributed by atoms with E-state index in [1.165, 1.54) is 0 Å². The molecule has 2 aromatic heterocycles. The Kier molecular flexibility index (Phi) is 2.22. The molecule has 2 heterocycles. The number of nitriles is 1. The fraction of sp³-hybridized carbons (Fsp3) is 0.182. The highest BCUT2D eigenvalue weighted by Crippen LogP contribution is 2.12. The number of rotatable bonds is 1. The van der Waals surface area contributed by atoms with Gasteiger partial charge in [0.15, 0.2) is 5.82 Å². The van der Waals surface area contributed by atoms with E-state index in [1.807, 2.05) is 19.9 Å². The molecule has 0 aliphatic carbocycles. The summed E-state index contributed by atoms with van der Waals surface area (Å²) >= 11 is 0. The monoisotopic (exact) mass is 198 g/mol. The molecule has 0 aromatic carbocycles. The van der Waals surface area contributed by atoms with E-state index in [1.54, 1.807) is 23.0 Å². The normalized spacial score (nSPS) is 9.93.